The van der Waals surface area contributed by atoms with Crippen molar-refractivity contribution in [2.75, 3.05) is 0 Å². The minimum Gasteiger partial charge on any atom is -0.288 e. The van der Waals surface area contributed by atoms with Gasteiger partial charge in [0.15, 0.2) is 0 Å². The molecule has 0 spiro atoms. The zero-order chi connectivity index (χ0) is 12.7. The van der Waals surface area contributed by atoms with Gasteiger partial charge in [0, 0.05) is 15.0 Å². The summed E-state index contributed by atoms with van der Waals surface area (Å²) in [5.74, 6) is -0.470. The van der Waals surface area contributed by atoms with E-state index in [1.54, 1.807) is 24.3 Å². The molecular formula is C14H9FOS2. The van der Waals surface area contributed by atoms with Crippen molar-refractivity contribution < 1.29 is 9.18 Å². The summed E-state index contributed by atoms with van der Waals surface area (Å²) in [6.07, 6.45) is 0. The van der Waals surface area contributed by atoms with Gasteiger partial charge in [0.2, 0.25) is 5.78 Å². The van der Waals surface area contributed by atoms with Gasteiger partial charge in [-0.3, -0.25) is 4.79 Å². The van der Waals surface area contributed by atoms with Crippen LogP contribution in [0.4, 0.5) is 4.39 Å². The highest BCUT2D eigenvalue weighted by molar-refractivity contribution is 7.28. The number of fused-ring (bicyclic) bond motifs is 1. The normalized spacial score (nSPS) is 11.0. The summed E-state index contributed by atoms with van der Waals surface area (Å²) in [6, 6.07) is 8.32. The van der Waals surface area contributed by atoms with Gasteiger partial charge in [-0.2, -0.15) is 0 Å². The third-order valence-electron chi connectivity index (χ3n) is 2.67. The second-order valence-electron chi connectivity index (χ2n) is 4.11. The molecule has 2 heterocycles. The number of ketones is 1. The molecule has 0 radical (unpaired) electrons. The van der Waals surface area contributed by atoms with Crippen LogP contribution < -0.4 is 0 Å². The van der Waals surface area contributed by atoms with Crippen LogP contribution in [0.5, 0.6) is 0 Å². The first-order valence-electron chi connectivity index (χ1n) is 5.42. The lowest BCUT2D eigenvalue weighted by Crippen LogP contribution is -1.99. The lowest BCUT2D eigenvalue weighted by Gasteiger charge is -2.00. The molecule has 1 aromatic carbocycles. The molecule has 0 atom stereocenters. The van der Waals surface area contributed by atoms with Crippen LogP contribution in [0.1, 0.15) is 20.8 Å². The number of carbonyl (C=O) groups excluding carboxylic acids is 1. The highest BCUT2D eigenvalue weighted by Gasteiger charge is 2.14. The second kappa shape index (κ2) is 4.30. The molecule has 0 aliphatic heterocycles. The fourth-order valence-electron chi connectivity index (χ4n) is 1.89. The molecule has 4 heteroatoms. The van der Waals surface area contributed by atoms with E-state index in [4.69, 9.17) is 0 Å². The Morgan fingerprint density at radius 1 is 1.17 bits per heavy atom. The van der Waals surface area contributed by atoms with E-state index >= 15 is 0 Å². The summed E-state index contributed by atoms with van der Waals surface area (Å²) in [6.45, 7) is 1.78. The number of benzene rings is 1. The van der Waals surface area contributed by atoms with E-state index in [0.29, 0.717) is 10.4 Å². The number of carbonyl (C=O) groups is 1. The Kier molecular flexibility index (Phi) is 2.76. The zero-order valence-electron chi connectivity index (χ0n) is 9.57. The van der Waals surface area contributed by atoms with Gasteiger partial charge in [0.05, 0.1) is 4.88 Å². The standard InChI is InChI=1S/C14H9FOS2/c1-8-4-9(6-10(15)5-8)14(16)13-7-12-11(18-13)2-3-17-12/h2-7H,1H3. The average molecular weight is 276 g/mol. The molecule has 0 aliphatic carbocycles. The van der Waals surface area contributed by atoms with Gasteiger partial charge in [0.1, 0.15) is 5.82 Å². The first-order valence-corrected chi connectivity index (χ1v) is 7.12. The number of hydrogen-bond acceptors (Lipinski definition) is 3. The third kappa shape index (κ3) is 1.98. The molecule has 0 bridgehead atoms. The summed E-state index contributed by atoms with van der Waals surface area (Å²) in [5, 5.41) is 2.00. The highest BCUT2D eigenvalue weighted by Crippen LogP contribution is 2.31. The van der Waals surface area contributed by atoms with Crippen LogP contribution in [-0.4, -0.2) is 5.78 Å². The summed E-state index contributed by atoms with van der Waals surface area (Å²) in [4.78, 5) is 12.9. The van der Waals surface area contributed by atoms with Crippen LogP contribution in [0.2, 0.25) is 0 Å². The maximum atomic E-state index is 13.3. The van der Waals surface area contributed by atoms with Crippen molar-refractivity contribution in [2.24, 2.45) is 0 Å². The number of thiophene rings is 2. The van der Waals surface area contributed by atoms with Gasteiger partial charge in [0.25, 0.3) is 0 Å². The van der Waals surface area contributed by atoms with Crippen molar-refractivity contribution in [1.82, 2.24) is 0 Å². The van der Waals surface area contributed by atoms with E-state index < -0.39 is 0 Å². The summed E-state index contributed by atoms with van der Waals surface area (Å²) in [5.41, 5.74) is 1.18. The van der Waals surface area contributed by atoms with E-state index in [1.165, 1.54) is 23.5 Å². The first kappa shape index (κ1) is 11.6. The van der Waals surface area contributed by atoms with Gasteiger partial charge >= 0.3 is 0 Å². The van der Waals surface area contributed by atoms with Crippen LogP contribution in [-0.2, 0) is 0 Å². The third-order valence-corrected chi connectivity index (χ3v) is 4.76. The molecule has 0 saturated heterocycles. The Labute approximate surface area is 112 Å². The Morgan fingerprint density at radius 2 is 2.00 bits per heavy atom. The smallest absolute Gasteiger partial charge is 0.203 e. The minimum absolute atomic E-state index is 0.106. The van der Waals surface area contributed by atoms with Gasteiger partial charge in [-0.05, 0) is 48.2 Å². The predicted molar refractivity (Wildman–Crippen MR) is 74.3 cm³/mol. The summed E-state index contributed by atoms with van der Waals surface area (Å²) in [7, 11) is 0. The van der Waals surface area contributed by atoms with E-state index in [9.17, 15) is 9.18 Å². The van der Waals surface area contributed by atoms with E-state index in [-0.39, 0.29) is 11.6 Å². The van der Waals surface area contributed by atoms with Crippen molar-refractivity contribution in [3.8, 4) is 0 Å². The quantitative estimate of drug-likeness (QED) is 0.623. The fraction of sp³-hybridized carbons (Fsp3) is 0.0714. The molecule has 0 amide bonds. The molecule has 1 nitrogen and oxygen atoms in total. The Morgan fingerprint density at radius 3 is 2.72 bits per heavy atom. The van der Waals surface area contributed by atoms with Crippen molar-refractivity contribution >= 4 is 37.9 Å². The zero-order valence-corrected chi connectivity index (χ0v) is 11.2. The Hall–Kier alpha value is -1.52. The molecule has 0 N–H and O–H groups in total. The molecule has 2 aromatic heterocycles. The molecule has 0 saturated carbocycles. The van der Waals surface area contributed by atoms with Crippen LogP contribution in [0.15, 0.2) is 35.7 Å². The molecular weight excluding hydrogens is 267 g/mol. The lowest BCUT2D eigenvalue weighted by molar-refractivity contribution is 0.104. The Bertz CT molecular complexity index is 690. The minimum atomic E-state index is -0.364. The first-order chi connectivity index (χ1) is 8.63. The topological polar surface area (TPSA) is 17.1 Å². The van der Waals surface area contributed by atoms with Gasteiger partial charge in [-0.25, -0.2) is 4.39 Å². The predicted octanol–water partition coefficient (Wildman–Crippen LogP) is 4.64. The maximum absolute atomic E-state index is 13.3. The average Bonchev–Trinajstić information content (AvgIpc) is 2.86. The Balaban J connectivity index is 2.06. The molecule has 3 rings (SSSR count). The SMILES string of the molecule is Cc1cc(F)cc(C(=O)c2cc3sccc3s2)c1. The lowest BCUT2D eigenvalue weighted by atomic mass is 10.1. The van der Waals surface area contributed by atoms with Crippen molar-refractivity contribution in [1.29, 1.82) is 0 Å². The summed E-state index contributed by atoms with van der Waals surface area (Å²) >= 11 is 3.07. The molecule has 18 heavy (non-hydrogen) atoms. The van der Waals surface area contributed by atoms with Gasteiger partial charge < -0.3 is 0 Å². The van der Waals surface area contributed by atoms with Gasteiger partial charge in [-0.15, -0.1) is 22.7 Å². The number of hydrogen-bond donors (Lipinski definition) is 0. The van der Waals surface area contributed by atoms with Crippen LogP contribution >= 0.6 is 22.7 Å². The molecule has 90 valence electrons. The largest absolute Gasteiger partial charge is 0.288 e. The van der Waals surface area contributed by atoms with E-state index in [0.717, 1.165) is 15.0 Å². The highest BCUT2D eigenvalue weighted by atomic mass is 32.1. The fourth-order valence-corrected chi connectivity index (χ4v) is 3.96. The van der Waals surface area contributed by atoms with Crippen LogP contribution in [0, 0.1) is 12.7 Å². The number of rotatable bonds is 2. The number of aryl methyl sites for hydroxylation is 1. The monoisotopic (exact) mass is 276 g/mol. The van der Waals surface area contributed by atoms with E-state index in [1.807, 2.05) is 17.5 Å². The van der Waals surface area contributed by atoms with E-state index in [2.05, 4.69) is 0 Å². The molecule has 0 aliphatic rings. The van der Waals surface area contributed by atoms with Crippen LogP contribution in [0.3, 0.4) is 0 Å². The molecule has 0 unspecified atom stereocenters. The van der Waals surface area contributed by atoms with Crippen molar-refractivity contribution in [3.05, 3.63) is 57.5 Å². The van der Waals surface area contributed by atoms with Crippen LogP contribution in [0.25, 0.3) is 9.40 Å². The van der Waals surface area contributed by atoms with Crippen molar-refractivity contribution in [2.45, 2.75) is 6.92 Å². The molecule has 3 aromatic rings. The summed E-state index contributed by atoms with van der Waals surface area (Å²) < 4.78 is 15.5. The molecule has 0 fully saturated rings. The van der Waals surface area contributed by atoms with Gasteiger partial charge in [-0.1, -0.05) is 0 Å². The van der Waals surface area contributed by atoms with Crippen molar-refractivity contribution in [3.63, 3.8) is 0 Å². The second-order valence-corrected chi connectivity index (χ2v) is 6.14. The maximum Gasteiger partial charge on any atom is 0.203 e. The number of halogens is 1.